The molecule has 0 atom stereocenters. The molecule has 29 heavy (non-hydrogen) atoms. The first-order chi connectivity index (χ1) is 14.1. The molecule has 4 aromatic rings. The van der Waals surface area contributed by atoms with Gasteiger partial charge in [-0.25, -0.2) is 4.98 Å². The molecule has 146 valence electrons. The van der Waals surface area contributed by atoms with E-state index in [0.717, 1.165) is 17.0 Å². The number of hydrogen-bond donors (Lipinski definition) is 1. The highest BCUT2D eigenvalue weighted by atomic mass is 32.1. The number of rotatable bonds is 6. The summed E-state index contributed by atoms with van der Waals surface area (Å²) in [5, 5.41) is 12.4. The van der Waals surface area contributed by atoms with Crippen LogP contribution >= 0.6 is 11.3 Å². The summed E-state index contributed by atoms with van der Waals surface area (Å²) >= 11 is 1.39. The minimum atomic E-state index is -0.271. The number of anilines is 1. The van der Waals surface area contributed by atoms with Gasteiger partial charge in [0.15, 0.2) is 5.76 Å². The van der Waals surface area contributed by atoms with E-state index in [1.807, 2.05) is 48.5 Å². The zero-order valence-electron chi connectivity index (χ0n) is 16.1. The molecule has 0 saturated heterocycles. The number of nitrogens with zero attached hydrogens (tertiary/aromatic N) is 3. The number of aromatic nitrogens is 3. The van der Waals surface area contributed by atoms with Gasteiger partial charge < -0.3 is 4.42 Å². The largest absolute Gasteiger partial charge is 0.436 e. The van der Waals surface area contributed by atoms with Gasteiger partial charge in [0.05, 0.1) is 11.8 Å². The Labute approximate surface area is 172 Å². The maximum absolute atomic E-state index is 12.9. The van der Waals surface area contributed by atoms with Gasteiger partial charge in [0, 0.05) is 17.5 Å². The van der Waals surface area contributed by atoms with Crippen molar-refractivity contribution in [1.82, 2.24) is 15.2 Å². The Morgan fingerprint density at radius 2 is 1.83 bits per heavy atom. The summed E-state index contributed by atoms with van der Waals surface area (Å²) in [4.78, 5) is 17.3. The van der Waals surface area contributed by atoms with Crippen molar-refractivity contribution in [2.75, 3.05) is 5.32 Å². The normalized spacial score (nSPS) is 11.0. The van der Waals surface area contributed by atoms with Crippen LogP contribution in [0.15, 0.2) is 65.2 Å². The van der Waals surface area contributed by atoms with Gasteiger partial charge in [-0.2, -0.15) is 0 Å². The Morgan fingerprint density at radius 3 is 2.62 bits per heavy atom. The van der Waals surface area contributed by atoms with Gasteiger partial charge in [0.1, 0.15) is 5.01 Å². The van der Waals surface area contributed by atoms with Crippen molar-refractivity contribution in [1.29, 1.82) is 0 Å². The van der Waals surface area contributed by atoms with Gasteiger partial charge in [-0.05, 0) is 18.1 Å². The quantitative estimate of drug-likeness (QED) is 0.471. The maximum atomic E-state index is 12.9. The number of nitrogens with one attached hydrogen (secondary N) is 1. The SMILES string of the molecule is CC(C)Cc1nnc(NC(=O)c2ccccc2-c2ncc(-c3ccccc3)o2)s1. The van der Waals surface area contributed by atoms with Crippen LogP contribution in [-0.2, 0) is 6.42 Å². The van der Waals surface area contributed by atoms with Crippen LogP contribution in [0.1, 0.15) is 29.2 Å². The van der Waals surface area contributed by atoms with E-state index in [2.05, 4.69) is 34.3 Å². The maximum Gasteiger partial charge on any atom is 0.258 e. The fourth-order valence-corrected chi connectivity index (χ4v) is 3.85. The summed E-state index contributed by atoms with van der Waals surface area (Å²) in [5.74, 6) is 1.26. The van der Waals surface area contributed by atoms with Crippen LogP contribution in [0.3, 0.4) is 0 Å². The molecule has 0 aliphatic heterocycles. The molecule has 0 aliphatic carbocycles. The lowest BCUT2D eigenvalue weighted by molar-refractivity contribution is 0.102. The molecule has 0 aliphatic rings. The predicted octanol–water partition coefficient (Wildman–Crippen LogP) is 5.31. The Bertz CT molecular complexity index is 1120. The number of carbonyl (C=O) groups excluding carboxylic acids is 1. The van der Waals surface area contributed by atoms with Crippen LogP contribution in [0.4, 0.5) is 5.13 Å². The molecule has 7 heteroatoms. The Kier molecular flexibility index (Phi) is 5.48. The molecule has 1 N–H and O–H groups in total. The molecule has 0 radical (unpaired) electrons. The molecule has 0 unspecified atom stereocenters. The number of oxazole rings is 1. The molecular formula is C22H20N4O2S. The highest BCUT2D eigenvalue weighted by molar-refractivity contribution is 7.15. The van der Waals surface area contributed by atoms with E-state index < -0.39 is 0 Å². The Balaban J connectivity index is 1.58. The summed E-state index contributed by atoms with van der Waals surface area (Å²) in [6, 6.07) is 16.9. The van der Waals surface area contributed by atoms with Gasteiger partial charge in [-0.15, -0.1) is 10.2 Å². The lowest BCUT2D eigenvalue weighted by atomic mass is 10.1. The van der Waals surface area contributed by atoms with Gasteiger partial charge in [-0.3, -0.25) is 10.1 Å². The zero-order chi connectivity index (χ0) is 20.2. The van der Waals surface area contributed by atoms with Crippen LogP contribution in [0.25, 0.3) is 22.8 Å². The molecule has 0 saturated carbocycles. The lowest BCUT2D eigenvalue weighted by Crippen LogP contribution is -2.13. The minimum absolute atomic E-state index is 0.271. The molecule has 0 bridgehead atoms. The molecule has 0 fully saturated rings. The summed E-state index contributed by atoms with van der Waals surface area (Å²) in [7, 11) is 0. The fraction of sp³-hybridized carbons (Fsp3) is 0.182. The zero-order valence-corrected chi connectivity index (χ0v) is 16.9. The summed E-state index contributed by atoms with van der Waals surface area (Å²) in [6.07, 6.45) is 2.50. The van der Waals surface area contributed by atoms with E-state index in [9.17, 15) is 4.79 Å². The molecule has 2 aromatic heterocycles. The topological polar surface area (TPSA) is 80.9 Å². The van der Waals surface area contributed by atoms with Crippen LogP contribution in [0.2, 0.25) is 0 Å². The number of hydrogen-bond acceptors (Lipinski definition) is 6. The van der Waals surface area contributed by atoms with Crippen molar-refractivity contribution in [2.24, 2.45) is 5.92 Å². The van der Waals surface area contributed by atoms with Gasteiger partial charge >= 0.3 is 0 Å². The predicted molar refractivity (Wildman–Crippen MR) is 114 cm³/mol. The molecule has 2 heterocycles. The highest BCUT2D eigenvalue weighted by Gasteiger charge is 2.18. The van der Waals surface area contributed by atoms with Crippen molar-refractivity contribution >= 4 is 22.4 Å². The smallest absolute Gasteiger partial charge is 0.258 e. The standard InChI is InChI=1S/C22H20N4O2S/c1-14(2)12-19-25-26-22(29-19)24-20(27)16-10-6-7-11-17(16)21-23-13-18(28-21)15-8-4-3-5-9-15/h3-11,13-14H,12H2,1-2H3,(H,24,26,27). The molecule has 0 spiro atoms. The summed E-state index contributed by atoms with van der Waals surface area (Å²) in [6.45, 7) is 4.24. The third-order valence-electron chi connectivity index (χ3n) is 4.24. The van der Waals surface area contributed by atoms with E-state index in [-0.39, 0.29) is 5.91 Å². The third-order valence-corrected chi connectivity index (χ3v) is 5.10. The molecule has 4 rings (SSSR count). The van der Waals surface area contributed by atoms with Crippen molar-refractivity contribution in [3.05, 3.63) is 71.4 Å². The van der Waals surface area contributed by atoms with Gasteiger partial charge in [-0.1, -0.05) is 67.6 Å². The first-order valence-corrected chi connectivity index (χ1v) is 10.2. The monoisotopic (exact) mass is 404 g/mol. The van der Waals surface area contributed by atoms with Crippen molar-refractivity contribution in [2.45, 2.75) is 20.3 Å². The van der Waals surface area contributed by atoms with E-state index in [0.29, 0.717) is 33.8 Å². The second-order valence-electron chi connectivity index (χ2n) is 6.99. The summed E-state index contributed by atoms with van der Waals surface area (Å²) < 4.78 is 5.93. The molecule has 2 aromatic carbocycles. The summed E-state index contributed by atoms with van der Waals surface area (Å²) in [5.41, 5.74) is 2.02. The first kappa shape index (κ1) is 19.0. The lowest BCUT2D eigenvalue weighted by Gasteiger charge is -2.06. The Morgan fingerprint density at radius 1 is 1.07 bits per heavy atom. The first-order valence-electron chi connectivity index (χ1n) is 9.34. The van der Waals surface area contributed by atoms with E-state index in [1.165, 1.54) is 11.3 Å². The van der Waals surface area contributed by atoms with Crippen LogP contribution < -0.4 is 5.32 Å². The Hall–Kier alpha value is -3.32. The van der Waals surface area contributed by atoms with E-state index in [1.54, 1.807) is 12.3 Å². The van der Waals surface area contributed by atoms with Crippen LogP contribution in [0.5, 0.6) is 0 Å². The number of carbonyl (C=O) groups is 1. The van der Waals surface area contributed by atoms with Gasteiger partial charge in [0.2, 0.25) is 11.0 Å². The average molecular weight is 404 g/mol. The number of benzene rings is 2. The second kappa shape index (κ2) is 8.36. The van der Waals surface area contributed by atoms with Crippen LogP contribution in [0, 0.1) is 5.92 Å². The average Bonchev–Trinajstić information content (AvgIpc) is 3.38. The van der Waals surface area contributed by atoms with Crippen LogP contribution in [-0.4, -0.2) is 21.1 Å². The van der Waals surface area contributed by atoms with Crippen molar-refractivity contribution in [3.63, 3.8) is 0 Å². The van der Waals surface area contributed by atoms with E-state index >= 15 is 0 Å². The van der Waals surface area contributed by atoms with Crippen molar-refractivity contribution < 1.29 is 9.21 Å². The minimum Gasteiger partial charge on any atom is -0.436 e. The van der Waals surface area contributed by atoms with Gasteiger partial charge in [0.25, 0.3) is 5.91 Å². The molecular weight excluding hydrogens is 384 g/mol. The third kappa shape index (κ3) is 4.41. The molecule has 6 nitrogen and oxygen atoms in total. The molecule has 1 amide bonds. The van der Waals surface area contributed by atoms with Crippen molar-refractivity contribution in [3.8, 4) is 22.8 Å². The number of amides is 1. The fourth-order valence-electron chi connectivity index (χ4n) is 2.90. The second-order valence-corrected chi connectivity index (χ2v) is 8.06. The highest BCUT2D eigenvalue weighted by Crippen LogP contribution is 2.29. The van der Waals surface area contributed by atoms with E-state index in [4.69, 9.17) is 4.42 Å².